The molecule has 22 heavy (non-hydrogen) atoms. The number of urea groups is 1. The quantitative estimate of drug-likeness (QED) is 0.897. The van der Waals surface area contributed by atoms with Crippen molar-refractivity contribution in [2.45, 2.75) is 32.7 Å². The smallest absolute Gasteiger partial charge is 0.319 e. The number of carbonyl (C=O) groups is 2. The Balaban J connectivity index is 2.18. The second-order valence-corrected chi connectivity index (χ2v) is 5.67. The van der Waals surface area contributed by atoms with E-state index in [2.05, 4.69) is 10.6 Å². The third-order valence-corrected chi connectivity index (χ3v) is 3.51. The molecule has 120 valence electrons. The molecule has 1 heterocycles. The van der Waals surface area contributed by atoms with Crippen LogP contribution in [0, 0.1) is 0 Å². The number of hydrogen-bond donors (Lipinski definition) is 2. The third kappa shape index (κ3) is 3.90. The molecule has 0 aromatic heterocycles. The van der Waals surface area contributed by atoms with Crippen LogP contribution in [-0.2, 0) is 0 Å². The Kier molecular flexibility index (Phi) is 5.25. The summed E-state index contributed by atoms with van der Waals surface area (Å²) in [6.45, 7) is 5.34. The Hall–Kier alpha value is -2.24. The van der Waals surface area contributed by atoms with Gasteiger partial charge in [0.1, 0.15) is 5.75 Å². The summed E-state index contributed by atoms with van der Waals surface area (Å²) in [5, 5.41) is 5.48. The van der Waals surface area contributed by atoms with E-state index in [1.54, 1.807) is 18.2 Å². The van der Waals surface area contributed by atoms with E-state index in [9.17, 15) is 9.59 Å². The first-order chi connectivity index (χ1) is 10.5. The highest BCUT2D eigenvalue weighted by atomic mass is 16.5. The van der Waals surface area contributed by atoms with Crippen molar-refractivity contribution in [3.05, 3.63) is 23.8 Å². The van der Waals surface area contributed by atoms with Gasteiger partial charge >= 0.3 is 6.03 Å². The molecular formula is C16H23N3O3. The van der Waals surface area contributed by atoms with Crippen LogP contribution in [0.2, 0.25) is 0 Å². The van der Waals surface area contributed by atoms with Gasteiger partial charge < -0.3 is 20.3 Å². The number of anilines is 1. The van der Waals surface area contributed by atoms with Crippen LogP contribution in [0.3, 0.4) is 0 Å². The van der Waals surface area contributed by atoms with Crippen molar-refractivity contribution in [2.24, 2.45) is 0 Å². The third-order valence-electron chi connectivity index (χ3n) is 3.51. The maximum Gasteiger partial charge on any atom is 0.319 e. The Morgan fingerprint density at radius 2 is 1.91 bits per heavy atom. The van der Waals surface area contributed by atoms with Crippen molar-refractivity contribution in [1.82, 2.24) is 10.2 Å². The molecule has 0 spiro atoms. The van der Waals surface area contributed by atoms with Gasteiger partial charge in [-0.1, -0.05) is 0 Å². The lowest BCUT2D eigenvalue weighted by Gasteiger charge is -2.17. The lowest BCUT2D eigenvalue weighted by molar-refractivity contribution is 0.0793. The number of hydrogen-bond acceptors (Lipinski definition) is 3. The fourth-order valence-electron chi connectivity index (χ4n) is 2.46. The summed E-state index contributed by atoms with van der Waals surface area (Å²) in [5.41, 5.74) is 1.05. The predicted molar refractivity (Wildman–Crippen MR) is 85.4 cm³/mol. The summed E-state index contributed by atoms with van der Waals surface area (Å²) in [6, 6.07) is 4.80. The second-order valence-electron chi connectivity index (χ2n) is 5.67. The molecule has 0 bridgehead atoms. The SMILES string of the molecule is COc1ccc(C(=O)N2CCCC2)cc1NC(=O)NC(C)C. The molecule has 1 aromatic rings. The number of nitrogens with one attached hydrogen (secondary N) is 2. The van der Waals surface area contributed by atoms with Crippen molar-refractivity contribution >= 4 is 17.6 Å². The average molecular weight is 305 g/mol. The Bertz CT molecular complexity index is 552. The van der Waals surface area contributed by atoms with Crippen molar-refractivity contribution in [1.29, 1.82) is 0 Å². The van der Waals surface area contributed by atoms with Crippen LogP contribution in [0.1, 0.15) is 37.0 Å². The minimum Gasteiger partial charge on any atom is -0.495 e. The molecule has 2 rings (SSSR count). The summed E-state index contributed by atoms with van der Waals surface area (Å²) < 4.78 is 5.24. The van der Waals surface area contributed by atoms with Crippen molar-refractivity contribution < 1.29 is 14.3 Å². The van der Waals surface area contributed by atoms with E-state index in [-0.39, 0.29) is 18.0 Å². The summed E-state index contributed by atoms with van der Waals surface area (Å²) in [4.78, 5) is 26.1. The van der Waals surface area contributed by atoms with Gasteiger partial charge in [0.15, 0.2) is 0 Å². The van der Waals surface area contributed by atoms with Gasteiger partial charge in [0.05, 0.1) is 12.8 Å². The highest BCUT2D eigenvalue weighted by molar-refractivity contribution is 5.98. The van der Waals surface area contributed by atoms with E-state index in [4.69, 9.17) is 4.74 Å². The fourth-order valence-corrected chi connectivity index (χ4v) is 2.46. The molecule has 1 aliphatic rings. The maximum atomic E-state index is 12.4. The zero-order valence-electron chi connectivity index (χ0n) is 13.3. The normalized spacial score (nSPS) is 14.1. The van der Waals surface area contributed by atoms with Crippen LogP contribution in [0.15, 0.2) is 18.2 Å². The molecule has 0 aliphatic carbocycles. The molecule has 1 saturated heterocycles. The van der Waals surface area contributed by atoms with E-state index in [1.165, 1.54) is 7.11 Å². The van der Waals surface area contributed by atoms with E-state index < -0.39 is 0 Å². The van der Waals surface area contributed by atoms with Crippen molar-refractivity contribution in [3.63, 3.8) is 0 Å². The van der Waals surface area contributed by atoms with Crippen LogP contribution < -0.4 is 15.4 Å². The van der Waals surface area contributed by atoms with E-state index in [0.717, 1.165) is 25.9 Å². The summed E-state index contributed by atoms with van der Waals surface area (Å²) in [6.07, 6.45) is 2.09. The molecule has 2 N–H and O–H groups in total. The molecule has 6 nitrogen and oxygen atoms in total. The van der Waals surface area contributed by atoms with Gasteiger partial charge in [-0.05, 0) is 44.9 Å². The largest absolute Gasteiger partial charge is 0.495 e. The number of likely N-dealkylation sites (tertiary alicyclic amines) is 1. The summed E-state index contributed by atoms with van der Waals surface area (Å²) in [7, 11) is 1.53. The fraction of sp³-hybridized carbons (Fsp3) is 0.500. The Morgan fingerprint density at radius 3 is 2.50 bits per heavy atom. The number of rotatable bonds is 4. The number of carbonyl (C=O) groups excluding carboxylic acids is 2. The van der Waals surface area contributed by atoms with Gasteiger partial charge in [0.2, 0.25) is 0 Å². The Labute approximate surface area is 130 Å². The molecule has 0 unspecified atom stereocenters. The minimum absolute atomic E-state index is 0.00697. The zero-order valence-corrected chi connectivity index (χ0v) is 13.3. The molecular weight excluding hydrogens is 282 g/mol. The van der Waals surface area contributed by atoms with Gasteiger partial charge in [-0.3, -0.25) is 4.79 Å². The van der Waals surface area contributed by atoms with Crippen LogP contribution >= 0.6 is 0 Å². The average Bonchev–Trinajstić information content (AvgIpc) is 2.99. The molecule has 1 aliphatic heterocycles. The van der Waals surface area contributed by atoms with Gasteiger partial charge in [-0.25, -0.2) is 4.79 Å². The first-order valence-corrected chi connectivity index (χ1v) is 7.56. The number of benzene rings is 1. The number of methoxy groups -OCH3 is 1. The molecule has 0 saturated carbocycles. The van der Waals surface area contributed by atoms with E-state index >= 15 is 0 Å². The molecule has 1 fully saturated rings. The van der Waals surface area contributed by atoms with Crippen LogP contribution in [-0.4, -0.2) is 43.1 Å². The standard InChI is InChI=1S/C16H23N3O3/c1-11(2)17-16(21)18-13-10-12(6-7-14(13)22-3)15(20)19-8-4-5-9-19/h6-7,10-11H,4-5,8-9H2,1-3H3,(H2,17,18,21). The summed E-state index contributed by atoms with van der Waals surface area (Å²) >= 11 is 0. The van der Waals surface area contributed by atoms with E-state index in [0.29, 0.717) is 17.0 Å². The number of ether oxygens (including phenoxy) is 1. The van der Waals surface area contributed by atoms with Gasteiger partial charge in [0.25, 0.3) is 5.91 Å². The van der Waals surface area contributed by atoms with Crippen LogP contribution in [0.25, 0.3) is 0 Å². The van der Waals surface area contributed by atoms with Gasteiger partial charge in [0, 0.05) is 24.7 Å². The molecule has 0 atom stereocenters. The molecule has 0 radical (unpaired) electrons. The van der Waals surface area contributed by atoms with Crippen molar-refractivity contribution in [3.8, 4) is 5.75 Å². The number of amides is 3. The number of nitrogens with zero attached hydrogens (tertiary/aromatic N) is 1. The molecule has 6 heteroatoms. The predicted octanol–water partition coefficient (Wildman–Crippen LogP) is 2.46. The highest BCUT2D eigenvalue weighted by Crippen LogP contribution is 2.26. The zero-order chi connectivity index (χ0) is 16.1. The lowest BCUT2D eigenvalue weighted by atomic mass is 10.1. The van der Waals surface area contributed by atoms with Crippen LogP contribution in [0.5, 0.6) is 5.75 Å². The van der Waals surface area contributed by atoms with Gasteiger partial charge in [-0.2, -0.15) is 0 Å². The summed E-state index contributed by atoms with van der Waals surface area (Å²) in [5.74, 6) is 0.518. The topological polar surface area (TPSA) is 70.7 Å². The Morgan fingerprint density at radius 1 is 1.23 bits per heavy atom. The van der Waals surface area contributed by atoms with Gasteiger partial charge in [-0.15, -0.1) is 0 Å². The van der Waals surface area contributed by atoms with E-state index in [1.807, 2.05) is 18.7 Å². The first kappa shape index (κ1) is 16.1. The van der Waals surface area contributed by atoms with Crippen LogP contribution in [0.4, 0.5) is 10.5 Å². The first-order valence-electron chi connectivity index (χ1n) is 7.56. The molecule has 3 amide bonds. The maximum absolute atomic E-state index is 12.4. The van der Waals surface area contributed by atoms with Crippen molar-refractivity contribution in [2.75, 3.05) is 25.5 Å². The minimum atomic E-state index is -0.320. The second kappa shape index (κ2) is 7.15. The lowest BCUT2D eigenvalue weighted by Crippen LogP contribution is -2.34. The molecule has 1 aromatic carbocycles. The monoisotopic (exact) mass is 305 g/mol. The highest BCUT2D eigenvalue weighted by Gasteiger charge is 2.20.